The lowest BCUT2D eigenvalue weighted by molar-refractivity contribution is -0.139. The van der Waals surface area contributed by atoms with Gasteiger partial charge in [-0.2, -0.15) is 0 Å². The van der Waals surface area contributed by atoms with Gasteiger partial charge in [0, 0.05) is 18.4 Å². The zero-order valence-electron chi connectivity index (χ0n) is 12.6. The molecule has 23 heavy (non-hydrogen) atoms. The Morgan fingerprint density at radius 3 is 2.70 bits per heavy atom. The summed E-state index contributed by atoms with van der Waals surface area (Å²) in [7, 11) is 0. The molecule has 3 rings (SSSR count). The second-order valence-corrected chi connectivity index (χ2v) is 5.69. The number of amides is 1. The van der Waals surface area contributed by atoms with Crippen LogP contribution in [-0.2, 0) is 24.1 Å². The molecule has 1 aliphatic rings. The number of nitrogens with zero attached hydrogens (tertiary/aromatic N) is 1. The fourth-order valence-electron chi connectivity index (χ4n) is 2.84. The molecule has 6 heteroatoms. The van der Waals surface area contributed by atoms with E-state index in [2.05, 4.69) is 10.5 Å². The van der Waals surface area contributed by atoms with Crippen molar-refractivity contribution in [2.45, 2.75) is 38.1 Å². The number of carbonyl (C=O) groups excluding carboxylic acids is 1. The number of aryl methyl sites for hydroxylation is 1. The summed E-state index contributed by atoms with van der Waals surface area (Å²) in [6.07, 6.45) is 3.76. The number of benzene rings is 1. The number of carbonyl (C=O) groups is 2. The fourth-order valence-corrected chi connectivity index (χ4v) is 2.84. The number of carboxylic acids is 1. The van der Waals surface area contributed by atoms with Crippen LogP contribution in [0.5, 0.6) is 0 Å². The predicted octanol–water partition coefficient (Wildman–Crippen LogP) is 1.98. The van der Waals surface area contributed by atoms with E-state index >= 15 is 0 Å². The first kappa shape index (κ1) is 15.3. The molecule has 0 saturated carbocycles. The maximum Gasteiger partial charge on any atom is 0.326 e. The van der Waals surface area contributed by atoms with Gasteiger partial charge in [-0.05, 0) is 24.8 Å². The van der Waals surface area contributed by atoms with Crippen molar-refractivity contribution in [1.82, 2.24) is 10.5 Å². The lowest BCUT2D eigenvalue weighted by Gasteiger charge is -2.15. The van der Waals surface area contributed by atoms with Crippen molar-refractivity contribution >= 4 is 11.9 Å². The zero-order valence-corrected chi connectivity index (χ0v) is 12.6. The van der Waals surface area contributed by atoms with E-state index in [0.717, 1.165) is 42.6 Å². The molecule has 0 spiro atoms. The SMILES string of the molecule is O=C(NC(Cc1ccccc1)C(=O)O)c1noc2c1CCCC2. The quantitative estimate of drug-likeness (QED) is 0.880. The highest BCUT2D eigenvalue weighted by molar-refractivity contribution is 5.96. The Hall–Kier alpha value is -2.63. The second kappa shape index (κ2) is 6.64. The number of nitrogens with one attached hydrogen (secondary N) is 1. The monoisotopic (exact) mass is 314 g/mol. The minimum Gasteiger partial charge on any atom is -0.480 e. The van der Waals surface area contributed by atoms with E-state index in [1.807, 2.05) is 30.3 Å². The Labute approximate surface area is 133 Å². The van der Waals surface area contributed by atoms with Gasteiger partial charge >= 0.3 is 5.97 Å². The minimum absolute atomic E-state index is 0.221. The maximum absolute atomic E-state index is 12.4. The van der Waals surface area contributed by atoms with Crippen molar-refractivity contribution in [3.05, 3.63) is 52.9 Å². The lowest BCUT2D eigenvalue weighted by Crippen LogP contribution is -2.42. The Balaban J connectivity index is 1.74. The summed E-state index contributed by atoms with van der Waals surface area (Å²) in [6, 6.07) is 8.20. The van der Waals surface area contributed by atoms with Crippen LogP contribution in [0.25, 0.3) is 0 Å². The van der Waals surface area contributed by atoms with Crippen LogP contribution in [0.15, 0.2) is 34.9 Å². The molecule has 0 fully saturated rings. The predicted molar refractivity (Wildman–Crippen MR) is 82.2 cm³/mol. The van der Waals surface area contributed by atoms with Crippen LogP contribution in [0.4, 0.5) is 0 Å². The number of hydrogen-bond acceptors (Lipinski definition) is 4. The van der Waals surface area contributed by atoms with Crippen molar-refractivity contribution in [2.75, 3.05) is 0 Å². The van der Waals surface area contributed by atoms with Crippen molar-refractivity contribution in [3.8, 4) is 0 Å². The molecule has 1 amide bonds. The van der Waals surface area contributed by atoms with Gasteiger partial charge in [-0.1, -0.05) is 35.5 Å². The molecule has 1 unspecified atom stereocenters. The molecule has 0 saturated heterocycles. The number of carboxylic acid groups (broad SMARTS) is 1. The Morgan fingerprint density at radius 1 is 1.22 bits per heavy atom. The first-order chi connectivity index (χ1) is 11.1. The van der Waals surface area contributed by atoms with Gasteiger partial charge in [-0.3, -0.25) is 4.79 Å². The van der Waals surface area contributed by atoms with Gasteiger partial charge in [0.05, 0.1) is 0 Å². The van der Waals surface area contributed by atoms with Gasteiger partial charge in [0.2, 0.25) is 0 Å². The number of fused-ring (bicyclic) bond motifs is 1. The van der Waals surface area contributed by atoms with E-state index in [9.17, 15) is 14.7 Å². The summed E-state index contributed by atoms with van der Waals surface area (Å²) < 4.78 is 5.21. The molecular weight excluding hydrogens is 296 g/mol. The van der Waals surface area contributed by atoms with Crippen LogP contribution in [0.3, 0.4) is 0 Å². The molecular formula is C17H18N2O4. The third kappa shape index (κ3) is 3.41. The molecule has 1 aromatic heterocycles. The topological polar surface area (TPSA) is 92.4 Å². The number of rotatable bonds is 5. The molecule has 6 nitrogen and oxygen atoms in total. The van der Waals surface area contributed by atoms with E-state index in [0.29, 0.717) is 0 Å². The van der Waals surface area contributed by atoms with E-state index in [1.54, 1.807) is 0 Å². The van der Waals surface area contributed by atoms with E-state index in [-0.39, 0.29) is 12.1 Å². The summed E-state index contributed by atoms with van der Waals surface area (Å²) in [4.78, 5) is 23.8. The van der Waals surface area contributed by atoms with Crippen molar-refractivity contribution < 1.29 is 19.2 Å². The Bertz CT molecular complexity index is 709. The van der Waals surface area contributed by atoms with Crippen LogP contribution in [0.1, 0.15) is 40.2 Å². The summed E-state index contributed by atoms with van der Waals surface area (Å²) in [5.41, 5.74) is 1.89. The summed E-state index contributed by atoms with van der Waals surface area (Å²) in [6.45, 7) is 0. The fraction of sp³-hybridized carbons (Fsp3) is 0.353. The lowest BCUT2D eigenvalue weighted by atomic mass is 9.96. The molecule has 120 valence electrons. The van der Waals surface area contributed by atoms with Crippen LogP contribution < -0.4 is 5.32 Å². The molecule has 1 heterocycles. The minimum atomic E-state index is -1.07. The van der Waals surface area contributed by atoms with Gasteiger partial charge < -0.3 is 14.9 Å². The van der Waals surface area contributed by atoms with Crippen LogP contribution in [0, 0.1) is 0 Å². The molecule has 0 radical (unpaired) electrons. The van der Waals surface area contributed by atoms with E-state index < -0.39 is 17.9 Å². The first-order valence-corrected chi connectivity index (χ1v) is 7.70. The number of hydrogen-bond donors (Lipinski definition) is 2. The second-order valence-electron chi connectivity index (χ2n) is 5.69. The molecule has 1 aliphatic carbocycles. The molecule has 1 aromatic carbocycles. The first-order valence-electron chi connectivity index (χ1n) is 7.70. The van der Waals surface area contributed by atoms with Gasteiger partial charge in [0.15, 0.2) is 5.69 Å². The van der Waals surface area contributed by atoms with Crippen LogP contribution in [0.2, 0.25) is 0 Å². The van der Waals surface area contributed by atoms with Gasteiger partial charge in [0.25, 0.3) is 5.91 Å². The highest BCUT2D eigenvalue weighted by Crippen LogP contribution is 2.24. The molecule has 0 aliphatic heterocycles. The molecule has 2 aromatic rings. The van der Waals surface area contributed by atoms with Gasteiger partial charge in [0.1, 0.15) is 11.8 Å². The Morgan fingerprint density at radius 2 is 1.96 bits per heavy atom. The Kier molecular flexibility index (Phi) is 4.41. The molecule has 2 N–H and O–H groups in total. The van der Waals surface area contributed by atoms with Gasteiger partial charge in [-0.15, -0.1) is 0 Å². The van der Waals surface area contributed by atoms with E-state index in [4.69, 9.17) is 4.52 Å². The smallest absolute Gasteiger partial charge is 0.326 e. The van der Waals surface area contributed by atoms with Crippen molar-refractivity contribution in [3.63, 3.8) is 0 Å². The van der Waals surface area contributed by atoms with E-state index in [1.165, 1.54) is 0 Å². The number of aliphatic carboxylic acids is 1. The van der Waals surface area contributed by atoms with Crippen LogP contribution >= 0.6 is 0 Å². The maximum atomic E-state index is 12.4. The standard InChI is InChI=1S/C17H18N2O4/c20-16(15-12-8-4-5-9-14(12)23-19-15)18-13(17(21)22)10-11-6-2-1-3-7-11/h1-3,6-7,13H,4-5,8-10H2,(H,18,20)(H,21,22). The summed E-state index contributed by atoms with van der Waals surface area (Å²) in [5.74, 6) is -0.809. The normalized spacial score (nSPS) is 14.8. The summed E-state index contributed by atoms with van der Waals surface area (Å²) in [5, 5.41) is 15.8. The molecule has 0 bridgehead atoms. The number of aromatic nitrogens is 1. The third-order valence-corrected chi connectivity index (χ3v) is 4.05. The average Bonchev–Trinajstić information content (AvgIpc) is 2.99. The van der Waals surface area contributed by atoms with Crippen molar-refractivity contribution in [1.29, 1.82) is 0 Å². The zero-order chi connectivity index (χ0) is 16.2. The largest absolute Gasteiger partial charge is 0.480 e. The summed E-state index contributed by atoms with van der Waals surface area (Å²) >= 11 is 0. The average molecular weight is 314 g/mol. The van der Waals surface area contributed by atoms with Crippen molar-refractivity contribution in [2.24, 2.45) is 0 Å². The highest BCUT2D eigenvalue weighted by Gasteiger charge is 2.27. The highest BCUT2D eigenvalue weighted by atomic mass is 16.5. The third-order valence-electron chi connectivity index (χ3n) is 4.05. The van der Waals surface area contributed by atoms with Gasteiger partial charge in [-0.25, -0.2) is 4.79 Å². The van der Waals surface area contributed by atoms with Crippen LogP contribution in [-0.4, -0.2) is 28.2 Å². The molecule has 1 atom stereocenters.